The minimum absolute atomic E-state index is 1.32. The van der Waals surface area contributed by atoms with Gasteiger partial charge in [-0.25, -0.2) is 0 Å². The van der Waals surface area contributed by atoms with Crippen molar-refractivity contribution in [2.45, 2.75) is 9.34 Å². The van der Waals surface area contributed by atoms with Gasteiger partial charge in [0.25, 0.3) is 0 Å². The Kier molecular flexibility index (Phi) is 3.13. The van der Waals surface area contributed by atoms with E-state index >= 15 is 0 Å². The van der Waals surface area contributed by atoms with Gasteiger partial charge >= 0.3 is 0 Å². The number of nitriles is 2. The summed E-state index contributed by atoms with van der Waals surface area (Å²) in [6, 6.07) is 3.15. The number of nitrogens with zero attached hydrogens (tertiary/aromatic N) is 2. The third kappa shape index (κ3) is 2.31. The molecule has 1 N–H and O–H groups in total. The number of halogens is 2. The highest BCUT2D eigenvalue weighted by Gasteiger charge is 2.32. The summed E-state index contributed by atoms with van der Waals surface area (Å²) >= 11 is 5.58. The van der Waals surface area contributed by atoms with Gasteiger partial charge in [0.2, 0.25) is 3.23 Å². The fraction of sp³-hybridized carbons (Fsp3) is 0.500. The molecule has 0 heterocycles. The highest BCUT2D eigenvalue weighted by molar-refractivity contribution is 9.25. The van der Waals surface area contributed by atoms with Crippen LogP contribution in [0.1, 0.15) is 0 Å². The second-order valence-electron chi connectivity index (χ2n) is 1.27. The lowest BCUT2D eigenvalue weighted by atomic mass is 10.3. The molecule has 1 unspecified atom stereocenters. The third-order valence-corrected chi connectivity index (χ3v) is 1.84. The van der Waals surface area contributed by atoms with Crippen LogP contribution in [0.4, 0.5) is 0 Å². The SMILES string of the molecule is N#CC(O)C(Br)(Br)C#N. The van der Waals surface area contributed by atoms with Crippen LogP contribution in [-0.4, -0.2) is 14.4 Å². The largest absolute Gasteiger partial charge is 0.375 e. The van der Waals surface area contributed by atoms with Crippen LogP contribution in [0.15, 0.2) is 0 Å². The second kappa shape index (κ2) is 3.17. The van der Waals surface area contributed by atoms with Crippen LogP contribution in [0.25, 0.3) is 0 Å². The lowest BCUT2D eigenvalue weighted by Crippen LogP contribution is -2.26. The Bertz CT molecular complexity index is 178. The molecule has 0 spiro atoms. The molecule has 0 rings (SSSR count). The number of alkyl halides is 2. The van der Waals surface area contributed by atoms with Gasteiger partial charge in [0, 0.05) is 0 Å². The molecule has 0 bridgehead atoms. The van der Waals surface area contributed by atoms with Crippen molar-refractivity contribution in [3.63, 3.8) is 0 Å². The Balaban J connectivity index is 4.23. The van der Waals surface area contributed by atoms with Crippen molar-refractivity contribution in [3.05, 3.63) is 0 Å². The molecule has 3 nitrogen and oxygen atoms in total. The molecule has 0 amide bonds. The molecule has 0 aliphatic rings. The van der Waals surface area contributed by atoms with Crippen molar-refractivity contribution in [1.29, 1.82) is 10.5 Å². The zero-order valence-corrected chi connectivity index (χ0v) is 7.35. The van der Waals surface area contributed by atoms with Crippen LogP contribution in [0.3, 0.4) is 0 Å². The minimum atomic E-state index is -1.36. The molecule has 1 atom stereocenters. The van der Waals surface area contributed by atoms with Crippen LogP contribution in [-0.2, 0) is 0 Å². The number of hydrogen-bond donors (Lipinski definition) is 1. The lowest BCUT2D eigenvalue weighted by molar-refractivity contribution is 0.235. The van der Waals surface area contributed by atoms with E-state index in [1.54, 1.807) is 6.07 Å². The van der Waals surface area contributed by atoms with E-state index in [0.29, 0.717) is 0 Å². The van der Waals surface area contributed by atoms with Crippen LogP contribution < -0.4 is 0 Å². The van der Waals surface area contributed by atoms with Gasteiger partial charge in [0.05, 0.1) is 12.1 Å². The summed E-state index contributed by atoms with van der Waals surface area (Å²) < 4.78 is -1.32. The molecule has 0 aliphatic carbocycles. The van der Waals surface area contributed by atoms with Crippen LogP contribution in [0, 0.1) is 22.7 Å². The average Bonchev–Trinajstić information content (AvgIpc) is 1.86. The summed E-state index contributed by atoms with van der Waals surface area (Å²) in [4.78, 5) is 0. The van der Waals surface area contributed by atoms with Gasteiger partial charge in [0.15, 0.2) is 6.10 Å². The van der Waals surface area contributed by atoms with Crippen LogP contribution in [0.2, 0.25) is 0 Å². The highest BCUT2D eigenvalue weighted by atomic mass is 79.9. The van der Waals surface area contributed by atoms with E-state index in [0.717, 1.165) is 0 Å². The maximum absolute atomic E-state index is 8.71. The van der Waals surface area contributed by atoms with Crippen molar-refractivity contribution in [2.24, 2.45) is 0 Å². The van der Waals surface area contributed by atoms with E-state index < -0.39 is 9.34 Å². The first-order valence-corrected chi connectivity index (χ1v) is 3.50. The van der Waals surface area contributed by atoms with Crippen molar-refractivity contribution < 1.29 is 5.11 Å². The predicted octanol–water partition coefficient (Wildman–Crippen LogP) is 0.881. The number of aliphatic hydroxyl groups is 1. The van der Waals surface area contributed by atoms with E-state index in [-0.39, 0.29) is 0 Å². The molecule has 0 aliphatic heterocycles. The Labute approximate surface area is 69.1 Å². The van der Waals surface area contributed by atoms with E-state index in [9.17, 15) is 0 Å². The van der Waals surface area contributed by atoms with Crippen LogP contribution in [0.5, 0.6) is 0 Å². The number of aliphatic hydroxyl groups excluding tert-OH is 1. The lowest BCUT2D eigenvalue weighted by Gasteiger charge is -2.10. The topological polar surface area (TPSA) is 67.8 Å². The van der Waals surface area contributed by atoms with Gasteiger partial charge in [-0.05, 0) is 0 Å². The Morgan fingerprint density at radius 3 is 2.00 bits per heavy atom. The summed E-state index contributed by atoms with van der Waals surface area (Å²) in [6.45, 7) is 0. The Hall–Kier alpha value is -0.100. The van der Waals surface area contributed by atoms with E-state index in [1.165, 1.54) is 6.07 Å². The number of hydrogen-bond acceptors (Lipinski definition) is 3. The molecule has 0 aromatic rings. The molecular weight excluding hydrogens is 252 g/mol. The first-order valence-electron chi connectivity index (χ1n) is 1.91. The van der Waals surface area contributed by atoms with E-state index in [2.05, 4.69) is 31.9 Å². The van der Waals surface area contributed by atoms with Gasteiger partial charge in [-0.2, -0.15) is 10.5 Å². The van der Waals surface area contributed by atoms with Crippen molar-refractivity contribution >= 4 is 31.9 Å². The first kappa shape index (κ1) is 8.90. The fourth-order valence-electron chi connectivity index (χ4n) is 0.142. The highest BCUT2D eigenvalue weighted by Crippen LogP contribution is 2.28. The molecule has 0 saturated carbocycles. The standard InChI is InChI=1S/C4H2Br2N2O/c5-4(6,2-8)3(9)1-7/h3,9H. The maximum atomic E-state index is 8.71. The Morgan fingerprint density at radius 1 is 1.44 bits per heavy atom. The molecular formula is C4H2Br2N2O. The summed E-state index contributed by atoms with van der Waals surface area (Å²) in [6.07, 6.45) is -1.36. The predicted molar refractivity (Wildman–Crippen MR) is 37.8 cm³/mol. The summed E-state index contributed by atoms with van der Waals surface area (Å²) in [7, 11) is 0. The van der Waals surface area contributed by atoms with Crippen molar-refractivity contribution in [3.8, 4) is 12.1 Å². The average molecular weight is 254 g/mol. The van der Waals surface area contributed by atoms with Crippen molar-refractivity contribution in [1.82, 2.24) is 0 Å². The second-order valence-corrected chi connectivity index (χ2v) is 4.83. The van der Waals surface area contributed by atoms with Crippen LogP contribution >= 0.6 is 31.9 Å². The zero-order valence-electron chi connectivity index (χ0n) is 4.17. The molecule has 0 fully saturated rings. The molecule has 0 aromatic heterocycles. The molecule has 5 heteroatoms. The van der Waals surface area contributed by atoms with E-state index in [4.69, 9.17) is 15.6 Å². The molecule has 0 radical (unpaired) electrons. The van der Waals surface area contributed by atoms with Crippen molar-refractivity contribution in [2.75, 3.05) is 0 Å². The molecule has 0 saturated heterocycles. The molecule has 48 valence electrons. The zero-order chi connectivity index (χ0) is 7.49. The third-order valence-electron chi connectivity index (χ3n) is 0.615. The summed E-state index contributed by atoms with van der Waals surface area (Å²) in [5.41, 5.74) is 0. The van der Waals surface area contributed by atoms with E-state index in [1.807, 2.05) is 0 Å². The monoisotopic (exact) mass is 252 g/mol. The quantitative estimate of drug-likeness (QED) is 0.557. The maximum Gasteiger partial charge on any atom is 0.205 e. The Morgan fingerprint density at radius 2 is 1.89 bits per heavy atom. The smallest absolute Gasteiger partial charge is 0.205 e. The minimum Gasteiger partial charge on any atom is -0.375 e. The first-order chi connectivity index (χ1) is 4.04. The van der Waals surface area contributed by atoms with Gasteiger partial charge in [0.1, 0.15) is 0 Å². The van der Waals surface area contributed by atoms with Gasteiger partial charge in [-0.3, -0.25) is 0 Å². The summed E-state index contributed by atoms with van der Waals surface area (Å²) in [5, 5.41) is 25.0. The normalized spacial score (nSPS) is 13.4. The number of rotatable bonds is 1. The summed E-state index contributed by atoms with van der Waals surface area (Å²) in [5.74, 6) is 0. The van der Waals surface area contributed by atoms with Gasteiger partial charge in [-0.1, -0.05) is 31.9 Å². The fourth-order valence-corrected chi connectivity index (χ4v) is 0.347. The van der Waals surface area contributed by atoms with Gasteiger partial charge in [-0.15, -0.1) is 0 Å². The van der Waals surface area contributed by atoms with Gasteiger partial charge < -0.3 is 5.11 Å². The molecule has 0 aromatic carbocycles. The molecule has 9 heavy (non-hydrogen) atoms.